The number of rotatable bonds is 2. The second-order valence-corrected chi connectivity index (χ2v) is 5.86. The number of para-hydroxylation sites is 1. The fourth-order valence-electron chi connectivity index (χ4n) is 3.53. The van der Waals surface area contributed by atoms with Crippen molar-refractivity contribution in [2.45, 2.75) is 31.5 Å². The Morgan fingerprint density at radius 1 is 1.35 bits per heavy atom. The summed E-state index contributed by atoms with van der Waals surface area (Å²) in [6, 6.07) is 10.7. The van der Waals surface area contributed by atoms with Crippen molar-refractivity contribution in [2.75, 3.05) is 11.9 Å². The van der Waals surface area contributed by atoms with Crippen LogP contribution in [-0.2, 0) is 4.74 Å². The number of pyridine rings is 1. The molecule has 1 saturated carbocycles. The van der Waals surface area contributed by atoms with Gasteiger partial charge in [0, 0.05) is 35.3 Å². The lowest BCUT2D eigenvalue weighted by atomic mass is 9.72. The largest absolute Gasteiger partial charge is 0.377 e. The molecule has 104 valence electrons. The standard InChI is InChI=1S/C16H19N3O/c1-9-8-13(10-4-2-3-5-12(10)18-9)19-15-14(17)11-6-7-20-16(11)15/h2-5,8,11,14-16H,6-7,17H2,1H3,(H,18,19). The minimum atomic E-state index is 0.190. The Labute approximate surface area is 118 Å². The molecule has 0 spiro atoms. The number of nitrogens with zero attached hydrogens (tertiary/aromatic N) is 1. The van der Waals surface area contributed by atoms with Crippen LogP contribution < -0.4 is 11.1 Å². The molecule has 4 rings (SSSR count). The monoisotopic (exact) mass is 269 g/mol. The van der Waals surface area contributed by atoms with Gasteiger partial charge < -0.3 is 15.8 Å². The van der Waals surface area contributed by atoms with Crippen molar-refractivity contribution in [3.8, 4) is 0 Å². The van der Waals surface area contributed by atoms with Crippen molar-refractivity contribution in [3.63, 3.8) is 0 Å². The summed E-state index contributed by atoms with van der Waals surface area (Å²) in [4.78, 5) is 4.57. The van der Waals surface area contributed by atoms with Crippen molar-refractivity contribution >= 4 is 16.6 Å². The number of nitrogens with two attached hydrogens (primary N) is 1. The zero-order valence-corrected chi connectivity index (χ0v) is 11.5. The molecule has 2 aromatic rings. The number of anilines is 1. The number of hydrogen-bond acceptors (Lipinski definition) is 4. The first-order valence-corrected chi connectivity index (χ1v) is 7.24. The van der Waals surface area contributed by atoms with Gasteiger partial charge in [-0.15, -0.1) is 0 Å². The number of aromatic nitrogens is 1. The molecule has 4 heteroatoms. The summed E-state index contributed by atoms with van der Waals surface area (Å²) in [7, 11) is 0. The second-order valence-electron chi connectivity index (χ2n) is 5.86. The molecule has 4 nitrogen and oxygen atoms in total. The van der Waals surface area contributed by atoms with Crippen LogP contribution in [0.2, 0.25) is 0 Å². The summed E-state index contributed by atoms with van der Waals surface area (Å²) in [6.45, 7) is 2.87. The smallest absolute Gasteiger partial charge is 0.0835 e. The average Bonchev–Trinajstić information content (AvgIpc) is 2.89. The first kappa shape index (κ1) is 12.1. The Kier molecular flexibility index (Phi) is 2.69. The SMILES string of the molecule is Cc1cc(NC2C(N)C3CCOC32)c2ccccc2n1. The normalized spacial score (nSPS) is 31.9. The van der Waals surface area contributed by atoms with E-state index in [2.05, 4.69) is 22.4 Å². The third-order valence-electron chi connectivity index (χ3n) is 4.61. The highest BCUT2D eigenvalue weighted by molar-refractivity contribution is 5.91. The van der Waals surface area contributed by atoms with Crippen molar-refractivity contribution in [2.24, 2.45) is 11.7 Å². The van der Waals surface area contributed by atoms with E-state index in [0.29, 0.717) is 5.92 Å². The van der Waals surface area contributed by atoms with E-state index in [1.54, 1.807) is 0 Å². The van der Waals surface area contributed by atoms with E-state index < -0.39 is 0 Å². The Balaban J connectivity index is 1.69. The highest BCUT2D eigenvalue weighted by Gasteiger charge is 2.52. The molecule has 2 heterocycles. The Hall–Kier alpha value is -1.65. The van der Waals surface area contributed by atoms with Gasteiger partial charge in [0.2, 0.25) is 0 Å². The molecule has 1 saturated heterocycles. The van der Waals surface area contributed by atoms with Gasteiger partial charge in [-0.05, 0) is 25.5 Å². The van der Waals surface area contributed by atoms with Crippen molar-refractivity contribution < 1.29 is 4.74 Å². The minimum absolute atomic E-state index is 0.190. The summed E-state index contributed by atoms with van der Waals surface area (Å²) >= 11 is 0. The van der Waals surface area contributed by atoms with Crippen molar-refractivity contribution in [1.82, 2.24) is 4.98 Å². The number of nitrogens with one attached hydrogen (secondary N) is 1. The van der Waals surface area contributed by atoms with Crippen LogP contribution in [0.5, 0.6) is 0 Å². The van der Waals surface area contributed by atoms with E-state index in [0.717, 1.165) is 35.3 Å². The van der Waals surface area contributed by atoms with E-state index in [1.807, 2.05) is 25.1 Å². The molecule has 1 aliphatic heterocycles. The first-order chi connectivity index (χ1) is 9.74. The van der Waals surface area contributed by atoms with Gasteiger partial charge in [-0.3, -0.25) is 4.98 Å². The quantitative estimate of drug-likeness (QED) is 0.876. The molecule has 20 heavy (non-hydrogen) atoms. The molecule has 2 fully saturated rings. The van der Waals surface area contributed by atoms with Gasteiger partial charge in [-0.2, -0.15) is 0 Å². The third-order valence-corrected chi connectivity index (χ3v) is 4.61. The van der Waals surface area contributed by atoms with E-state index in [9.17, 15) is 0 Å². The van der Waals surface area contributed by atoms with E-state index >= 15 is 0 Å². The first-order valence-electron chi connectivity index (χ1n) is 7.24. The predicted molar refractivity (Wildman–Crippen MR) is 79.7 cm³/mol. The summed E-state index contributed by atoms with van der Waals surface area (Å²) in [5, 5.41) is 4.74. The lowest BCUT2D eigenvalue weighted by molar-refractivity contribution is 0.00542. The van der Waals surface area contributed by atoms with E-state index in [-0.39, 0.29) is 18.2 Å². The highest BCUT2D eigenvalue weighted by Crippen LogP contribution is 2.40. The van der Waals surface area contributed by atoms with Crippen molar-refractivity contribution in [1.29, 1.82) is 0 Å². The molecule has 0 amide bonds. The second kappa shape index (κ2) is 4.43. The zero-order chi connectivity index (χ0) is 13.7. The Morgan fingerprint density at radius 3 is 3.10 bits per heavy atom. The van der Waals surface area contributed by atoms with Crippen molar-refractivity contribution in [3.05, 3.63) is 36.0 Å². The van der Waals surface area contributed by atoms with E-state index in [4.69, 9.17) is 10.5 Å². The number of ether oxygens (including phenoxy) is 1. The van der Waals surface area contributed by atoms with Gasteiger partial charge in [-0.1, -0.05) is 18.2 Å². The molecule has 1 aromatic heterocycles. The molecule has 2 aliphatic rings. The van der Waals surface area contributed by atoms with Crippen LogP contribution in [0.1, 0.15) is 12.1 Å². The number of fused-ring (bicyclic) bond motifs is 2. The van der Waals surface area contributed by atoms with Gasteiger partial charge in [0.15, 0.2) is 0 Å². The Bertz CT molecular complexity index is 657. The maximum atomic E-state index is 6.28. The van der Waals surface area contributed by atoms with Gasteiger partial charge in [0.25, 0.3) is 0 Å². The fourth-order valence-corrected chi connectivity index (χ4v) is 3.53. The third kappa shape index (κ3) is 1.72. The van der Waals surface area contributed by atoms with Crippen LogP contribution in [0.15, 0.2) is 30.3 Å². The topological polar surface area (TPSA) is 60.2 Å². The lowest BCUT2D eigenvalue weighted by Crippen LogP contribution is -2.65. The van der Waals surface area contributed by atoms with Crippen LogP contribution in [0.25, 0.3) is 10.9 Å². The number of hydrogen-bond donors (Lipinski definition) is 2. The summed E-state index contributed by atoms with van der Waals surface area (Å²) < 4.78 is 5.79. The molecule has 1 aromatic carbocycles. The highest BCUT2D eigenvalue weighted by atomic mass is 16.5. The number of benzene rings is 1. The molecule has 0 bridgehead atoms. The van der Waals surface area contributed by atoms with Gasteiger partial charge in [-0.25, -0.2) is 0 Å². The van der Waals surface area contributed by atoms with Crippen LogP contribution in [-0.4, -0.2) is 29.8 Å². The van der Waals surface area contributed by atoms with Gasteiger partial charge >= 0.3 is 0 Å². The maximum Gasteiger partial charge on any atom is 0.0835 e. The van der Waals surface area contributed by atoms with Gasteiger partial charge in [0.05, 0.1) is 17.7 Å². The summed E-state index contributed by atoms with van der Waals surface area (Å²) in [5.41, 5.74) is 9.43. The average molecular weight is 269 g/mol. The lowest BCUT2D eigenvalue weighted by Gasteiger charge is -2.46. The molecule has 4 atom stereocenters. The molecular formula is C16H19N3O. The van der Waals surface area contributed by atoms with Gasteiger partial charge in [0.1, 0.15) is 0 Å². The number of aryl methyl sites for hydroxylation is 1. The summed E-state index contributed by atoms with van der Waals surface area (Å²) in [6.07, 6.45) is 1.37. The summed E-state index contributed by atoms with van der Waals surface area (Å²) in [5.74, 6) is 0.529. The van der Waals surface area contributed by atoms with Crippen LogP contribution >= 0.6 is 0 Å². The predicted octanol–water partition coefficient (Wildman–Crippen LogP) is 2.07. The van der Waals surface area contributed by atoms with Crippen LogP contribution in [0.4, 0.5) is 5.69 Å². The minimum Gasteiger partial charge on any atom is -0.377 e. The molecule has 1 aliphatic carbocycles. The van der Waals surface area contributed by atoms with E-state index in [1.165, 1.54) is 0 Å². The zero-order valence-electron chi connectivity index (χ0n) is 11.5. The molecule has 3 N–H and O–H groups in total. The molecule has 0 radical (unpaired) electrons. The Morgan fingerprint density at radius 2 is 2.20 bits per heavy atom. The maximum absolute atomic E-state index is 6.28. The molecular weight excluding hydrogens is 250 g/mol. The molecule has 4 unspecified atom stereocenters. The fraction of sp³-hybridized carbons (Fsp3) is 0.438. The van der Waals surface area contributed by atoms with Crippen LogP contribution in [0.3, 0.4) is 0 Å². The van der Waals surface area contributed by atoms with Crippen LogP contribution in [0, 0.1) is 12.8 Å².